The first-order chi connectivity index (χ1) is 18.3. The van der Waals surface area contributed by atoms with Crippen molar-refractivity contribution in [1.29, 1.82) is 0 Å². The highest BCUT2D eigenvalue weighted by molar-refractivity contribution is 8.00. The minimum atomic E-state index is 0.452. The van der Waals surface area contributed by atoms with Gasteiger partial charge in [0, 0.05) is 63.5 Å². The number of rotatable bonds is 1. The van der Waals surface area contributed by atoms with Crippen molar-refractivity contribution in [3.63, 3.8) is 0 Å². The van der Waals surface area contributed by atoms with Crippen molar-refractivity contribution in [2.75, 3.05) is 0 Å². The normalized spacial score (nSPS) is 18.5. The van der Waals surface area contributed by atoms with Gasteiger partial charge >= 0.3 is 0 Å². The Balaban J connectivity index is 1.40. The van der Waals surface area contributed by atoms with Crippen LogP contribution >= 0.6 is 23.1 Å². The minimum absolute atomic E-state index is 0.452. The van der Waals surface area contributed by atoms with Crippen LogP contribution in [-0.2, 0) is 0 Å². The summed E-state index contributed by atoms with van der Waals surface area (Å²) in [6.07, 6.45) is 9.11. The van der Waals surface area contributed by atoms with Gasteiger partial charge in [-0.05, 0) is 35.9 Å². The van der Waals surface area contributed by atoms with Gasteiger partial charge in [-0.1, -0.05) is 85.0 Å². The number of thiophene rings is 1. The van der Waals surface area contributed by atoms with E-state index in [1.807, 2.05) is 23.1 Å². The molecule has 0 bridgehead atoms. The Labute approximate surface area is 222 Å². The molecule has 2 unspecified atom stereocenters. The van der Waals surface area contributed by atoms with Crippen molar-refractivity contribution in [3.05, 3.63) is 121 Å². The molecule has 2 atom stereocenters. The van der Waals surface area contributed by atoms with Crippen molar-refractivity contribution < 1.29 is 0 Å². The molecule has 0 radical (unpaired) electrons. The molecular weight excluding hydrogens is 487 g/mol. The SMILES string of the molecule is C1=CC2Sc3ccc(-n4c5ccccc5c5ccc6c(ccc7c8ccccc8sc76)c54)cc3C2C=C1. The second kappa shape index (κ2) is 7.38. The molecule has 2 aromatic heterocycles. The van der Waals surface area contributed by atoms with Gasteiger partial charge in [0.2, 0.25) is 0 Å². The van der Waals surface area contributed by atoms with Gasteiger partial charge in [0.1, 0.15) is 0 Å². The van der Waals surface area contributed by atoms with E-state index in [4.69, 9.17) is 0 Å². The third-order valence-electron chi connectivity index (χ3n) is 8.13. The molecule has 1 nitrogen and oxygen atoms in total. The molecule has 0 spiro atoms. The molecule has 3 heterocycles. The first kappa shape index (κ1) is 20.3. The molecule has 7 aromatic rings. The number of thioether (sulfide) groups is 1. The molecule has 1 aliphatic heterocycles. The summed E-state index contributed by atoms with van der Waals surface area (Å²) in [5.74, 6) is 0.452. The molecule has 37 heavy (non-hydrogen) atoms. The average Bonchev–Trinajstić information content (AvgIpc) is 3.62. The summed E-state index contributed by atoms with van der Waals surface area (Å²) in [7, 11) is 0. The fourth-order valence-electron chi connectivity index (χ4n) is 6.48. The van der Waals surface area contributed by atoms with E-state index < -0.39 is 0 Å². The summed E-state index contributed by atoms with van der Waals surface area (Å²) >= 11 is 3.90. The fraction of sp³-hybridized carbons (Fsp3) is 0.0588. The summed E-state index contributed by atoms with van der Waals surface area (Å²) in [4.78, 5) is 1.41. The van der Waals surface area contributed by atoms with Crippen LogP contribution in [-0.4, -0.2) is 9.82 Å². The van der Waals surface area contributed by atoms with Crippen LogP contribution in [0, 0.1) is 0 Å². The molecule has 1 aliphatic carbocycles. The Kier molecular flexibility index (Phi) is 4.05. The largest absolute Gasteiger partial charge is 0.309 e. The molecule has 9 rings (SSSR count). The molecular formula is C34H21NS2. The predicted molar refractivity (Wildman–Crippen MR) is 162 cm³/mol. The second-order valence-corrected chi connectivity index (χ2v) is 12.3. The molecule has 0 N–H and O–H groups in total. The van der Waals surface area contributed by atoms with E-state index in [1.54, 1.807) is 0 Å². The summed E-state index contributed by atoms with van der Waals surface area (Å²) < 4.78 is 5.24. The van der Waals surface area contributed by atoms with Crippen LogP contribution in [0.3, 0.4) is 0 Å². The van der Waals surface area contributed by atoms with Crippen LogP contribution in [0.1, 0.15) is 11.5 Å². The number of allylic oxidation sites excluding steroid dienone is 3. The number of para-hydroxylation sites is 1. The molecule has 3 heteroatoms. The van der Waals surface area contributed by atoms with E-state index in [9.17, 15) is 0 Å². The smallest absolute Gasteiger partial charge is 0.0619 e. The van der Waals surface area contributed by atoms with Crippen LogP contribution in [0.4, 0.5) is 0 Å². The van der Waals surface area contributed by atoms with Crippen LogP contribution in [0.15, 0.2) is 120 Å². The number of hydrogen-bond donors (Lipinski definition) is 0. The van der Waals surface area contributed by atoms with Crippen LogP contribution in [0.5, 0.6) is 0 Å². The Hall–Kier alpha value is -3.79. The molecule has 174 valence electrons. The standard InChI is InChI=1S/C34H21NS2/c1-4-10-29-21(7-1)24-14-17-27-25(15-16-26-22-8-2-6-12-31(22)37-34(26)27)33(24)35(29)20-13-18-32-28(19-20)23-9-3-5-11-30(23)36-32/h1-19,23,30H. The number of hydrogen-bond acceptors (Lipinski definition) is 2. The van der Waals surface area contributed by atoms with Gasteiger partial charge in [0.05, 0.1) is 11.0 Å². The van der Waals surface area contributed by atoms with Gasteiger partial charge in [-0.2, -0.15) is 0 Å². The first-order valence-corrected chi connectivity index (χ1v) is 14.5. The van der Waals surface area contributed by atoms with Crippen LogP contribution in [0.2, 0.25) is 0 Å². The maximum Gasteiger partial charge on any atom is 0.0619 e. The van der Waals surface area contributed by atoms with E-state index in [-0.39, 0.29) is 0 Å². The summed E-state index contributed by atoms with van der Waals surface area (Å²) in [5, 5.41) is 8.50. The van der Waals surface area contributed by atoms with Gasteiger partial charge in [-0.3, -0.25) is 0 Å². The Morgan fingerprint density at radius 3 is 2.27 bits per heavy atom. The number of benzene rings is 5. The molecule has 2 aliphatic rings. The third kappa shape index (κ3) is 2.71. The Morgan fingerprint density at radius 2 is 1.35 bits per heavy atom. The molecule has 5 aromatic carbocycles. The predicted octanol–water partition coefficient (Wildman–Crippen LogP) is 9.99. The highest BCUT2D eigenvalue weighted by Crippen LogP contribution is 2.49. The molecule has 0 amide bonds. The van der Waals surface area contributed by atoms with Gasteiger partial charge in [-0.25, -0.2) is 0 Å². The molecule has 0 fully saturated rings. The lowest BCUT2D eigenvalue weighted by Crippen LogP contribution is -2.07. The highest BCUT2D eigenvalue weighted by atomic mass is 32.2. The first-order valence-electron chi connectivity index (χ1n) is 12.8. The van der Waals surface area contributed by atoms with E-state index >= 15 is 0 Å². The monoisotopic (exact) mass is 507 g/mol. The average molecular weight is 508 g/mol. The maximum absolute atomic E-state index is 2.51. The maximum atomic E-state index is 2.51. The highest BCUT2D eigenvalue weighted by Gasteiger charge is 2.31. The second-order valence-electron chi connectivity index (χ2n) is 10.1. The molecule has 0 saturated heterocycles. The lowest BCUT2D eigenvalue weighted by molar-refractivity contribution is 0.878. The summed E-state index contributed by atoms with van der Waals surface area (Å²) in [6.45, 7) is 0. The quantitative estimate of drug-likeness (QED) is 0.214. The minimum Gasteiger partial charge on any atom is -0.309 e. The van der Waals surface area contributed by atoms with E-state index in [1.165, 1.54) is 68.9 Å². The number of nitrogens with zero attached hydrogens (tertiary/aromatic N) is 1. The van der Waals surface area contributed by atoms with Crippen molar-refractivity contribution in [1.82, 2.24) is 4.57 Å². The lowest BCUT2D eigenvalue weighted by atomic mass is 9.92. The van der Waals surface area contributed by atoms with Crippen molar-refractivity contribution in [3.8, 4) is 5.69 Å². The zero-order valence-corrected chi connectivity index (χ0v) is 21.5. The van der Waals surface area contributed by atoms with Gasteiger partial charge < -0.3 is 4.57 Å². The van der Waals surface area contributed by atoms with Crippen molar-refractivity contribution in [2.45, 2.75) is 16.1 Å². The topological polar surface area (TPSA) is 4.93 Å². The van der Waals surface area contributed by atoms with Crippen LogP contribution < -0.4 is 0 Å². The van der Waals surface area contributed by atoms with E-state index in [0.29, 0.717) is 11.2 Å². The van der Waals surface area contributed by atoms with Crippen LogP contribution in [0.25, 0.3) is 58.4 Å². The van der Waals surface area contributed by atoms with Gasteiger partial charge in [0.15, 0.2) is 0 Å². The summed E-state index contributed by atoms with van der Waals surface area (Å²) in [5.41, 5.74) is 5.27. The van der Waals surface area contributed by atoms with Crippen molar-refractivity contribution in [2.24, 2.45) is 0 Å². The fourth-order valence-corrected chi connectivity index (χ4v) is 9.04. The lowest BCUT2D eigenvalue weighted by Gasteiger charge is -2.16. The van der Waals surface area contributed by atoms with E-state index in [0.717, 1.165) is 0 Å². The number of aromatic nitrogens is 1. The van der Waals surface area contributed by atoms with Gasteiger partial charge in [-0.15, -0.1) is 23.1 Å². The van der Waals surface area contributed by atoms with Crippen molar-refractivity contribution >= 4 is 75.8 Å². The van der Waals surface area contributed by atoms with Gasteiger partial charge in [0.25, 0.3) is 0 Å². The molecule has 0 saturated carbocycles. The Bertz CT molecular complexity index is 2140. The number of fused-ring (bicyclic) bond motifs is 12. The van der Waals surface area contributed by atoms with E-state index in [2.05, 4.69) is 120 Å². The zero-order valence-electron chi connectivity index (χ0n) is 19.9. The third-order valence-corrected chi connectivity index (χ3v) is 10.7. The summed E-state index contributed by atoms with van der Waals surface area (Å²) in [6, 6.07) is 34.1. The Morgan fingerprint density at radius 1 is 0.622 bits per heavy atom. The zero-order chi connectivity index (χ0) is 24.1.